The van der Waals surface area contributed by atoms with Gasteiger partial charge in [0.2, 0.25) is 0 Å². The van der Waals surface area contributed by atoms with Gasteiger partial charge in [0.25, 0.3) is 0 Å². The maximum absolute atomic E-state index is 13.3. The number of phenols is 1. The van der Waals surface area contributed by atoms with Gasteiger partial charge in [0.05, 0.1) is 0 Å². The molecular weight excluding hydrogens is 358 g/mol. The molecule has 1 aliphatic rings. The molecule has 0 saturated heterocycles. The predicted molar refractivity (Wildman–Crippen MR) is 111 cm³/mol. The molecule has 0 spiro atoms. The average Bonchev–Trinajstić information content (AvgIpc) is 2.68. The summed E-state index contributed by atoms with van der Waals surface area (Å²) in [5, 5.41) is 18.4. The van der Waals surface area contributed by atoms with Crippen LogP contribution in [0, 0.1) is 11.7 Å². The Labute approximate surface area is 168 Å². The molecule has 4 heteroatoms. The third-order valence-electron chi connectivity index (χ3n) is 5.55. The van der Waals surface area contributed by atoms with Gasteiger partial charge in [-0.1, -0.05) is 69.9 Å². The van der Waals surface area contributed by atoms with Crippen LogP contribution in [0.25, 0.3) is 0 Å². The number of aliphatic hydroxyl groups excluding tert-OH is 1. The van der Waals surface area contributed by atoms with Gasteiger partial charge in [-0.3, -0.25) is 0 Å². The van der Waals surface area contributed by atoms with Crippen molar-refractivity contribution in [3.8, 4) is 5.75 Å². The van der Waals surface area contributed by atoms with Crippen molar-refractivity contribution in [1.29, 1.82) is 0 Å². The number of hydrogen-bond donors (Lipinski definition) is 2. The van der Waals surface area contributed by atoms with E-state index in [1.807, 2.05) is 6.08 Å². The SMILES string of the molecule is OC1=C(F)CC(CCCCCCCCCCCCc2ccc(O)c(F)c2)C=C1. The molecule has 0 bridgehead atoms. The Morgan fingerprint density at radius 1 is 0.821 bits per heavy atom. The minimum Gasteiger partial charge on any atom is -0.505 e. The second-order valence-corrected chi connectivity index (χ2v) is 7.97. The van der Waals surface area contributed by atoms with Crippen molar-refractivity contribution < 1.29 is 19.0 Å². The Morgan fingerprint density at radius 2 is 1.43 bits per heavy atom. The van der Waals surface area contributed by atoms with Crippen LogP contribution >= 0.6 is 0 Å². The quantitative estimate of drug-likeness (QED) is 0.338. The van der Waals surface area contributed by atoms with Gasteiger partial charge in [0.15, 0.2) is 11.6 Å². The number of aryl methyl sites for hydroxylation is 1. The molecule has 2 nitrogen and oxygen atoms in total. The highest BCUT2D eigenvalue weighted by Gasteiger charge is 2.15. The third kappa shape index (κ3) is 8.45. The van der Waals surface area contributed by atoms with Crippen LogP contribution in [-0.2, 0) is 6.42 Å². The molecule has 0 amide bonds. The van der Waals surface area contributed by atoms with Crippen LogP contribution in [0.4, 0.5) is 8.78 Å². The fraction of sp³-hybridized carbons (Fsp3) is 0.583. The Bertz CT molecular complexity index is 652. The summed E-state index contributed by atoms with van der Waals surface area (Å²) < 4.78 is 26.6. The first-order valence-electron chi connectivity index (χ1n) is 10.8. The zero-order chi connectivity index (χ0) is 20.2. The van der Waals surface area contributed by atoms with E-state index in [0.29, 0.717) is 6.42 Å². The lowest BCUT2D eigenvalue weighted by Crippen LogP contribution is -2.03. The lowest BCUT2D eigenvalue weighted by atomic mass is 9.93. The fourth-order valence-corrected chi connectivity index (χ4v) is 3.77. The summed E-state index contributed by atoms with van der Waals surface area (Å²) in [7, 11) is 0. The van der Waals surface area contributed by atoms with E-state index < -0.39 is 5.82 Å². The van der Waals surface area contributed by atoms with Gasteiger partial charge in [-0.2, -0.15) is 0 Å². The second-order valence-electron chi connectivity index (χ2n) is 7.97. The summed E-state index contributed by atoms with van der Waals surface area (Å²) >= 11 is 0. The predicted octanol–water partition coefficient (Wildman–Crippen LogP) is 7.68. The molecule has 1 aromatic carbocycles. The van der Waals surface area contributed by atoms with Gasteiger partial charge in [-0.15, -0.1) is 0 Å². The molecule has 0 fully saturated rings. The van der Waals surface area contributed by atoms with E-state index in [9.17, 15) is 19.0 Å². The zero-order valence-corrected chi connectivity index (χ0v) is 16.8. The average molecular weight is 393 g/mol. The van der Waals surface area contributed by atoms with Crippen molar-refractivity contribution in [3.63, 3.8) is 0 Å². The molecule has 156 valence electrons. The minimum absolute atomic E-state index is 0.203. The van der Waals surface area contributed by atoms with Crippen LogP contribution < -0.4 is 0 Å². The zero-order valence-electron chi connectivity index (χ0n) is 16.8. The molecule has 28 heavy (non-hydrogen) atoms. The summed E-state index contributed by atoms with van der Waals surface area (Å²) in [6.07, 6.45) is 17.7. The first-order chi connectivity index (χ1) is 13.6. The van der Waals surface area contributed by atoms with Gasteiger partial charge in [0, 0.05) is 6.42 Å². The van der Waals surface area contributed by atoms with E-state index >= 15 is 0 Å². The Balaban J connectivity index is 1.36. The molecular formula is C24H34F2O2. The topological polar surface area (TPSA) is 40.5 Å². The largest absolute Gasteiger partial charge is 0.505 e. The minimum atomic E-state index is -0.531. The van der Waals surface area contributed by atoms with E-state index in [1.54, 1.807) is 6.07 Å². The molecule has 2 N–H and O–H groups in total. The molecule has 0 radical (unpaired) electrons. The van der Waals surface area contributed by atoms with E-state index in [4.69, 9.17) is 0 Å². The molecule has 0 aromatic heterocycles. The highest BCUT2D eigenvalue weighted by atomic mass is 19.1. The second kappa shape index (κ2) is 12.6. The summed E-state index contributed by atoms with van der Waals surface area (Å²) in [6.45, 7) is 0. The lowest BCUT2D eigenvalue weighted by Gasteiger charge is -2.15. The van der Waals surface area contributed by atoms with Crippen LogP contribution in [0.2, 0.25) is 0 Å². The maximum atomic E-state index is 13.3. The number of rotatable bonds is 13. The smallest absolute Gasteiger partial charge is 0.165 e. The van der Waals surface area contributed by atoms with Crippen molar-refractivity contribution in [2.24, 2.45) is 5.92 Å². The monoisotopic (exact) mass is 392 g/mol. The number of halogens is 2. The number of unbranched alkanes of at least 4 members (excludes halogenated alkanes) is 9. The van der Waals surface area contributed by atoms with Crippen LogP contribution in [0.1, 0.15) is 82.6 Å². The molecule has 1 aromatic rings. The normalized spacial score (nSPS) is 16.7. The van der Waals surface area contributed by atoms with Crippen molar-refractivity contribution >= 4 is 0 Å². The molecule has 0 heterocycles. The Hall–Kier alpha value is -1.84. The Morgan fingerprint density at radius 3 is 2.04 bits per heavy atom. The van der Waals surface area contributed by atoms with Gasteiger partial charge >= 0.3 is 0 Å². The van der Waals surface area contributed by atoms with Gasteiger partial charge in [0.1, 0.15) is 11.6 Å². The molecule has 1 aliphatic carbocycles. The highest BCUT2D eigenvalue weighted by molar-refractivity contribution is 5.28. The van der Waals surface area contributed by atoms with Gasteiger partial charge in [-0.05, 0) is 49.0 Å². The summed E-state index contributed by atoms with van der Waals surface area (Å²) in [5.41, 5.74) is 0.953. The Kier molecular flexibility index (Phi) is 10.1. The van der Waals surface area contributed by atoms with E-state index in [1.165, 1.54) is 63.2 Å². The number of aliphatic hydroxyl groups is 1. The molecule has 0 aliphatic heterocycles. The summed E-state index contributed by atoms with van der Waals surface area (Å²) in [5.74, 6) is -1.14. The molecule has 0 saturated carbocycles. The lowest BCUT2D eigenvalue weighted by molar-refractivity contribution is 0.366. The standard InChI is InChI=1S/C24H34F2O2/c25-21-17-19(13-15-23(21)27)11-9-7-5-3-1-2-4-6-8-10-12-20-14-16-24(28)22(26)18-20/h13-17,20,27-28H,1-12,18H2. The number of benzene rings is 1. The number of hydrogen-bond acceptors (Lipinski definition) is 2. The van der Waals surface area contributed by atoms with Crippen LogP contribution in [0.15, 0.2) is 41.9 Å². The number of aromatic hydroxyl groups is 1. The van der Waals surface area contributed by atoms with Crippen LogP contribution in [0.3, 0.4) is 0 Å². The van der Waals surface area contributed by atoms with Crippen molar-refractivity contribution in [3.05, 3.63) is 53.3 Å². The van der Waals surface area contributed by atoms with Gasteiger partial charge in [-0.25, -0.2) is 8.78 Å². The fourth-order valence-electron chi connectivity index (χ4n) is 3.77. The summed E-state index contributed by atoms with van der Waals surface area (Å²) in [4.78, 5) is 0. The van der Waals surface area contributed by atoms with E-state index in [0.717, 1.165) is 37.7 Å². The van der Waals surface area contributed by atoms with Gasteiger partial charge < -0.3 is 10.2 Å². The van der Waals surface area contributed by atoms with Crippen LogP contribution in [0.5, 0.6) is 5.75 Å². The first-order valence-corrected chi connectivity index (χ1v) is 10.8. The maximum Gasteiger partial charge on any atom is 0.165 e. The van der Waals surface area contributed by atoms with Crippen molar-refractivity contribution in [1.82, 2.24) is 0 Å². The number of allylic oxidation sites excluding steroid dienone is 3. The molecule has 1 atom stereocenters. The first kappa shape index (κ1) is 22.4. The molecule has 1 unspecified atom stereocenters. The third-order valence-corrected chi connectivity index (χ3v) is 5.55. The van der Waals surface area contributed by atoms with Crippen molar-refractivity contribution in [2.75, 3.05) is 0 Å². The number of phenolic OH excluding ortho intramolecular Hbond substituents is 1. The summed E-state index contributed by atoms with van der Waals surface area (Å²) in [6, 6.07) is 4.65. The van der Waals surface area contributed by atoms with E-state index in [2.05, 4.69) is 0 Å². The van der Waals surface area contributed by atoms with Crippen LogP contribution in [-0.4, -0.2) is 10.2 Å². The van der Waals surface area contributed by atoms with E-state index in [-0.39, 0.29) is 23.3 Å². The molecule has 2 rings (SSSR count). The highest BCUT2D eigenvalue weighted by Crippen LogP contribution is 2.27. The van der Waals surface area contributed by atoms with Crippen molar-refractivity contribution in [2.45, 2.75) is 83.5 Å².